The number of hydrogen-bond donors (Lipinski definition) is 1. The lowest BCUT2D eigenvalue weighted by Gasteiger charge is -2.25. The first-order chi connectivity index (χ1) is 10.9. The first kappa shape index (κ1) is 15.7. The summed E-state index contributed by atoms with van der Waals surface area (Å²) in [4.78, 5) is 12.8. The molecule has 0 radical (unpaired) electrons. The Balaban J connectivity index is 1.87. The van der Waals surface area contributed by atoms with Gasteiger partial charge < -0.3 is 14.8 Å². The highest BCUT2D eigenvalue weighted by Gasteiger charge is 2.31. The molecule has 0 bridgehead atoms. The summed E-state index contributed by atoms with van der Waals surface area (Å²) in [6.07, 6.45) is 0. The Bertz CT molecular complexity index is 771. The molecule has 5 heteroatoms. The van der Waals surface area contributed by atoms with E-state index in [4.69, 9.17) is 21.1 Å². The Kier molecular flexibility index (Phi) is 3.94. The van der Waals surface area contributed by atoms with Crippen LogP contribution >= 0.6 is 11.6 Å². The van der Waals surface area contributed by atoms with E-state index >= 15 is 0 Å². The fraction of sp³-hybridized carbons (Fsp3) is 0.278. The van der Waals surface area contributed by atoms with Gasteiger partial charge >= 0.3 is 0 Å². The zero-order valence-corrected chi connectivity index (χ0v) is 14.0. The Labute approximate surface area is 140 Å². The lowest BCUT2D eigenvalue weighted by molar-refractivity contribution is -0.120. The third-order valence-electron chi connectivity index (χ3n) is 4.18. The Morgan fingerprint density at radius 2 is 1.91 bits per heavy atom. The Morgan fingerprint density at radius 3 is 2.70 bits per heavy atom. The standard InChI is InChI=1S/C18H18ClNO3/c1-11-13(19)5-4-6-14(11)20-17(21)18(2,3)12-7-8-15-16(9-12)23-10-22-15/h4-9H,10H2,1-3H3,(H,20,21). The predicted octanol–water partition coefficient (Wildman–Crippen LogP) is 4.29. The van der Waals surface area contributed by atoms with Gasteiger partial charge in [-0.2, -0.15) is 0 Å². The summed E-state index contributed by atoms with van der Waals surface area (Å²) >= 11 is 6.11. The van der Waals surface area contributed by atoms with Crippen molar-refractivity contribution in [3.05, 3.63) is 52.5 Å². The molecular weight excluding hydrogens is 314 g/mol. The summed E-state index contributed by atoms with van der Waals surface area (Å²) in [5, 5.41) is 3.59. The third kappa shape index (κ3) is 2.86. The number of rotatable bonds is 3. The van der Waals surface area contributed by atoms with Crippen LogP contribution in [0.25, 0.3) is 0 Å². The second-order valence-corrected chi connectivity index (χ2v) is 6.47. The number of anilines is 1. The number of fused-ring (bicyclic) bond motifs is 1. The molecule has 0 aliphatic carbocycles. The van der Waals surface area contributed by atoms with Gasteiger partial charge in [0, 0.05) is 10.7 Å². The maximum Gasteiger partial charge on any atom is 0.234 e. The van der Waals surface area contributed by atoms with Crippen LogP contribution in [0.1, 0.15) is 25.0 Å². The molecule has 4 nitrogen and oxygen atoms in total. The molecular formula is C18H18ClNO3. The van der Waals surface area contributed by atoms with Gasteiger partial charge in [0.15, 0.2) is 11.5 Å². The van der Waals surface area contributed by atoms with Gasteiger partial charge in [0.1, 0.15) is 0 Å². The first-order valence-electron chi connectivity index (χ1n) is 7.36. The van der Waals surface area contributed by atoms with E-state index in [0.29, 0.717) is 16.5 Å². The van der Waals surface area contributed by atoms with Crippen LogP contribution in [0, 0.1) is 6.92 Å². The van der Waals surface area contributed by atoms with Crippen molar-refractivity contribution in [2.45, 2.75) is 26.2 Å². The van der Waals surface area contributed by atoms with Crippen molar-refractivity contribution < 1.29 is 14.3 Å². The zero-order chi connectivity index (χ0) is 16.6. The van der Waals surface area contributed by atoms with Crippen molar-refractivity contribution in [1.82, 2.24) is 0 Å². The molecule has 1 aliphatic heterocycles. The van der Waals surface area contributed by atoms with Crippen molar-refractivity contribution >= 4 is 23.2 Å². The van der Waals surface area contributed by atoms with Crippen molar-refractivity contribution in [1.29, 1.82) is 0 Å². The van der Waals surface area contributed by atoms with Crippen LogP contribution in [0.4, 0.5) is 5.69 Å². The van der Waals surface area contributed by atoms with E-state index in [0.717, 1.165) is 16.8 Å². The van der Waals surface area contributed by atoms with Crippen molar-refractivity contribution in [2.75, 3.05) is 12.1 Å². The van der Waals surface area contributed by atoms with E-state index in [2.05, 4.69) is 5.32 Å². The lowest BCUT2D eigenvalue weighted by atomic mass is 9.83. The average Bonchev–Trinajstić information content (AvgIpc) is 2.99. The molecule has 1 heterocycles. The molecule has 23 heavy (non-hydrogen) atoms. The van der Waals surface area contributed by atoms with Crippen LogP contribution in [0.3, 0.4) is 0 Å². The van der Waals surface area contributed by atoms with Gasteiger partial charge in [0.05, 0.1) is 5.41 Å². The number of nitrogens with one attached hydrogen (secondary N) is 1. The number of ether oxygens (including phenoxy) is 2. The molecule has 0 aromatic heterocycles. The molecule has 0 saturated heterocycles. The van der Waals surface area contributed by atoms with E-state index in [1.54, 1.807) is 6.07 Å². The van der Waals surface area contributed by atoms with Crippen LogP contribution in [0.15, 0.2) is 36.4 Å². The zero-order valence-electron chi connectivity index (χ0n) is 13.3. The quantitative estimate of drug-likeness (QED) is 0.912. The second-order valence-electron chi connectivity index (χ2n) is 6.06. The van der Waals surface area contributed by atoms with Gasteiger partial charge in [0.2, 0.25) is 12.7 Å². The van der Waals surface area contributed by atoms with Gasteiger partial charge in [-0.15, -0.1) is 0 Å². The second kappa shape index (κ2) is 5.78. The van der Waals surface area contributed by atoms with E-state index in [1.807, 2.05) is 51.1 Å². The summed E-state index contributed by atoms with van der Waals surface area (Å²) in [6.45, 7) is 5.85. The molecule has 2 aromatic rings. The van der Waals surface area contributed by atoms with Crippen molar-refractivity contribution in [3.8, 4) is 11.5 Å². The molecule has 120 valence electrons. The lowest BCUT2D eigenvalue weighted by Crippen LogP contribution is -2.34. The topological polar surface area (TPSA) is 47.6 Å². The van der Waals surface area contributed by atoms with E-state index in [9.17, 15) is 4.79 Å². The van der Waals surface area contributed by atoms with Crippen molar-refractivity contribution in [3.63, 3.8) is 0 Å². The predicted molar refractivity (Wildman–Crippen MR) is 90.4 cm³/mol. The largest absolute Gasteiger partial charge is 0.454 e. The highest BCUT2D eigenvalue weighted by Crippen LogP contribution is 2.37. The molecule has 3 rings (SSSR count). The number of halogens is 1. The minimum absolute atomic E-state index is 0.110. The molecule has 1 amide bonds. The number of benzene rings is 2. The number of carbonyl (C=O) groups is 1. The summed E-state index contributed by atoms with van der Waals surface area (Å²) in [7, 11) is 0. The molecule has 2 aromatic carbocycles. The monoisotopic (exact) mass is 331 g/mol. The van der Waals surface area contributed by atoms with Crippen LogP contribution in [-0.4, -0.2) is 12.7 Å². The fourth-order valence-electron chi connectivity index (χ4n) is 2.44. The molecule has 0 unspecified atom stereocenters. The Morgan fingerprint density at radius 1 is 1.17 bits per heavy atom. The van der Waals surface area contributed by atoms with Crippen LogP contribution in [0.2, 0.25) is 5.02 Å². The highest BCUT2D eigenvalue weighted by molar-refractivity contribution is 6.31. The smallest absolute Gasteiger partial charge is 0.234 e. The number of carbonyl (C=O) groups excluding carboxylic acids is 1. The van der Waals surface area contributed by atoms with Gasteiger partial charge in [-0.1, -0.05) is 23.7 Å². The van der Waals surface area contributed by atoms with Gasteiger partial charge in [-0.3, -0.25) is 4.79 Å². The molecule has 0 saturated carbocycles. The summed E-state index contributed by atoms with van der Waals surface area (Å²) in [5.41, 5.74) is 1.70. The normalized spacial score (nSPS) is 13.0. The molecule has 0 atom stereocenters. The maximum atomic E-state index is 12.8. The third-order valence-corrected chi connectivity index (χ3v) is 4.59. The fourth-order valence-corrected chi connectivity index (χ4v) is 2.61. The van der Waals surface area contributed by atoms with Crippen LogP contribution in [-0.2, 0) is 10.2 Å². The number of hydrogen-bond acceptors (Lipinski definition) is 3. The summed E-state index contributed by atoms with van der Waals surface area (Å²) in [5.74, 6) is 1.26. The SMILES string of the molecule is Cc1c(Cl)cccc1NC(=O)C(C)(C)c1ccc2c(c1)OCO2. The molecule has 1 N–H and O–H groups in total. The molecule has 0 spiro atoms. The Hall–Kier alpha value is -2.20. The minimum atomic E-state index is -0.726. The minimum Gasteiger partial charge on any atom is -0.454 e. The molecule has 0 fully saturated rings. The van der Waals surface area contributed by atoms with Crippen LogP contribution < -0.4 is 14.8 Å². The first-order valence-corrected chi connectivity index (χ1v) is 7.74. The van der Waals surface area contributed by atoms with Gasteiger partial charge in [0.25, 0.3) is 0 Å². The van der Waals surface area contributed by atoms with Crippen LogP contribution in [0.5, 0.6) is 11.5 Å². The molecule has 1 aliphatic rings. The van der Waals surface area contributed by atoms with E-state index < -0.39 is 5.41 Å². The van der Waals surface area contributed by atoms with E-state index in [-0.39, 0.29) is 12.7 Å². The van der Waals surface area contributed by atoms with E-state index in [1.165, 1.54) is 0 Å². The summed E-state index contributed by atoms with van der Waals surface area (Å²) < 4.78 is 10.7. The average molecular weight is 332 g/mol. The highest BCUT2D eigenvalue weighted by atomic mass is 35.5. The summed E-state index contributed by atoms with van der Waals surface area (Å²) in [6, 6.07) is 11.0. The maximum absolute atomic E-state index is 12.8. The van der Waals surface area contributed by atoms with Crippen molar-refractivity contribution in [2.24, 2.45) is 0 Å². The van der Waals surface area contributed by atoms with Gasteiger partial charge in [-0.05, 0) is 56.2 Å². The van der Waals surface area contributed by atoms with Gasteiger partial charge in [-0.25, -0.2) is 0 Å². The number of amides is 1.